The summed E-state index contributed by atoms with van der Waals surface area (Å²) in [5, 5.41) is 0. The molecule has 0 aromatic carbocycles. The predicted octanol–water partition coefficient (Wildman–Crippen LogP) is 1.45. The van der Waals surface area contributed by atoms with Crippen LogP contribution in [-0.2, 0) is 4.79 Å². The van der Waals surface area contributed by atoms with E-state index in [1.807, 2.05) is 18.2 Å². The lowest BCUT2D eigenvalue weighted by Crippen LogP contribution is -2.12. The topological polar surface area (TPSA) is 56.0 Å². The van der Waals surface area contributed by atoms with Crippen molar-refractivity contribution in [1.29, 1.82) is 0 Å². The highest BCUT2D eigenvalue weighted by Gasteiger charge is 2.07. The number of carbonyl (C=O) groups is 1. The molecule has 1 aromatic heterocycles. The van der Waals surface area contributed by atoms with E-state index in [1.54, 1.807) is 13.1 Å². The van der Waals surface area contributed by atoms with Gasteiger partial charge in [0.2, 0.25) is 0 Å². The Morgan fingerprint density at radius 3 is 2.92 bits per heavy atom. The van der Waals surface area contributed by atoms with Gasteiger partial charge >= 0.3 is 0 Å². The van der Waals surface area contributed by atoms with Gasteiger partial charge in [0.1, 0.15) is 5.78 Å². The Bertz CT molecular complexity index is 272. The molecular weight excluding hydrogens is 164 g/mol. The van der Waals surface area contributed by atoms with E-state index >= 15 is 0 Å². The zero-order chi connectivity index (χ0) is 9.68. The summed E-state index contributed by atoms with van der Waals surface area (Å²) in [5.74, 6) is 0.173. The maximum absolute atomic E-state index is 10.7. The molecule has 1 heterocycles. The van der Waals surface area contributed by atoms with Crippen LogP contribution in [0.3, 0.4) is 0 Å². The van der Waals surface area contributed by atoms with Crippen LogP contribution in [0.15, 0.2) is 24.4 Å². The average Bonchev–Trinajstić information content (AvgIpc) is 2.15. The molecule has 0 radical (unpaired) electrons. The zero-order valence-electron chi connectivity index (χ0n) is 7.73. The van der Waals surface area contributed by atoms with E-state index in [-0.39, 0.29) is 11.8 Å². The first-order valence-electron chi connectivity index (χ1n) is 4.36. The molecule has 0 bridgehead atoms. The molecule has 1 aromatic rings. The SMILES string of the molecule is CC(=O)CCC(N)c1ccccn1. The van der Waals surface area contributed by atoms with Crippen LogP contribution in [-0.4, -0.2) is 10.8 Å². The smallest absolute Gasteiger partial charge is 0.129 e. The Labute approximate surface area is 78.0 Å². The number of nitrogens with zero attached hydrogens (tertiary/aromatic N) is 1. The van der Waals surface area contributed by atoms with E-state index < -0.39 is 0 Å². The molecular formula is C10H14N2O. The number of nitrogens with two attached hydrogens (primary N) is 1. The Kier molecular flexibility index (Phi) is 3.58. The molecule has 0 saturated carbocycles. The van der Waals surface area contributed by atoms with Crippen LogP contribution in [0.2, 0.25) is 0 Å². The largest absolute Gasteiger partial charge is 0.323 e. The molecule has 1 rings (SSSR count). The van der Waals surface area contributed by atoms with Gasteiger partial charge in [0.15, 0.2) is 0 Å². The molecule has 0 amide bonds. The molecule has 2 N–H and O–H groups in total. The van der Waals surface area contributed by atoms with Gasteiger partial charge in [-0.15, -0.1) is 0 Å². The number of hydrogen-bond acceptors (Lipinski definition) is 3. The molecule has 0 fully saturated rings. The van der Waals surface area contributed by atoms with E-state index in [0.717, 1.165) is 5.69 Å². The summed E-state index contributed by atoms with van der Waals surface area (Å²) in [6, 6.07) is 5.51. The minimum atomic E-state index is -0.120. The van der Waals surface area contributed by atoms with E-state index in [1.165, 1.54) is 0 Å². The third-order valence-corrected chi connectivity index (χ3v) is 1.88. The molecule has 3 nitrogen and oxygen atoms in total. The lowest BCUT2D eigenvalue weighted by molar-refractivity contribution is -0.117. The lowest BCUT2D eigenvalue weighted by atomic mass is 10.1. The Hall–Kier alpha value is -1.22. The van der Waals surface area contributed by atoms with Crippen LogP contribution in [0.5, 0.6) is 0 Å². The number of Topliss-reactive ketones (excluding diaryl/α,β-unsaturated/α-hetero) is 1. The molecule has 0 aliphatic carbocycles. The summed E-state index contributed by atoms with van der Waals surface area (Å²) in [4.78, 5) is 14.8. The van der Waals surface area contributed by atoms with Crippen molar-refractivity contribution in [2.45, 2.75) is 25.8 Å². The Morgan fingerprint density at radius 1 is 1.62 bits per heavy atom. The fourth-order valence-corrected chi connectivity index (χ4v) is 1.10. The van der Waals surface area contributed by atoms with Crippen LogP contribution in [0.25, 0.3) is 0 Å². The number of carbonyl (C=O) groups excluding carboxylic acids is 1. The van der Waals surface area contributed by atoms with Crippen molar-refractivity contribution in [2.24, 2.45) is 5.73 Å². The minimum Gasteiger partial charge on any atom is -0.323 e. The van der Waals surface area contributed by atoms with Gasteiger partial charge in [0.05, 0.1) is 5.69 Å². The molecule has 0 aliphatic heterocycles. The van der Waals surface area contributed by atoms with E-state index in [0.29, 0.717) is 12.8 Å². The normalized spacial score (nSPS) is 12.5. The van der Waals surface area contributed by atoms with Gasteiger partial charge in [-0.2, -0.15) is 0 Å². The predicted molar refractivity (Wildman–Crippen MR) is 51.1 cm³/mol. The van der Waals surface area contributed by atoms with Crippen LogP contribution in [0.4, 0.5) is 0 Å². The van der Waals surface area contributed by atoms with Crippen LogP contribution in [0, 0.1) is 0 Å². The summed E-state index contributed by atoms with van der Waals surface area (Å²) in [5.41, 5.74) is 6.68. The van der Waals surface area contributed by atoms with Crippen molar-refractivity contribution in [3.05, 3.63) is 30.1 Å². The molecule has 0 saturated heterocycles. The second-order valence-corrected chi connectivity index (χ2v) is 3.10. The van der Waals surface area contributed by atoms with Gasteiger partial charge in [-0.3, -0.25) is 4.98 Å². The second-order valence-electron chi connectivity index (χ2n) is 3.10. The van der Waals surface area contributed by atoms with Gasteiger partial charge in [-0.25, -0.2) is 0 Å². The third-order valence-electron chi connectivity index (χ3n) is 1.88. The molecule has 0 aliphatic rings. The number of pyridine rings is 1. The fraction of sp³-hybridized carbons (Fsp3) is 0.400. The average molecular weight is 178 g/mol. The van der Waals surface area contributed by atoms with E-state index in [2.05, 4.69) is 4.98 Å². The summed E-state index contributed by atoms with van der Waals surface area (Å²) in [6.45, 7) is 1.57. The summed E-state index contributed by atoms with van der Waals surface area (Å²) < 4.78 is 0. The van der Waals surface area contributed by atoms with Gasteiger partial charge in [0, 0.05) is 18.7 Å². The van der Waals surface area contributed by atoms with Gasteiger partial charge in [-0.05, 0) is 25.5 Å². The van der Waals surface area contributed by atoms with Crippen molar-refractivity contribution < 1.29 is 4.79 Å². The van der Waals surface area contributed by atoms with Crippen LogP contribution >= 0.6 is 0 Å². The van der Waals surface area contributed by atoms with Gasteiger partial charge in [0.25, 0.3) is 0 Å². The van der Waals surface area contributed by atoms with Crippen molar-refractivity contribution in [2.75, 3.05) is 0 Å². The van der Waals surface area contributed by atoms with Crippen molar-refractivity contribution in [3.8, 4) is 0 Å². The monoisotopic (exact) mass is 178 g/mol. The molecule has 1 unspecified atom stereocenters. The highest BCUT2D eigenvalue weighted by Crippen LogP contribution is 2.12. The number of aromatic nitrogens is 1. The zero-order valence-corrected chi connectivity index (χ0v) is 7.73. The van der Waals surface area contributed by atoms with Gasteiger partial charge < -0.3 is 10.5 Å². The van der Waals surface area contributed by atoms with Crippen LogP contribution in [0.1, 0.15) is 31.5 Å². The maximum atomic E-state index is 10.7. The van der Waals surface area contributed by atoms with Crippen LogP contribution < -0.4 is 5.73 Å². The Balaban J connectivity index is 2.49. The Morgan fingerprint density at radius 2 is 2.38 bits per heavy atom. The lowest BCUT2D eigenvalue weighted by Gasteiger charge is -2.08. The van der Waals surface area contributed by atoms with Crippen molar-refractivity contribution in [3.63, 3.8) is 0 Å². The highest BCUT2D eigenvalue weighted by molar-refractivity contribution is 5.75. The van der Waals surface area contributed by atoms with E-state index in [4.69, 9.17) is 5.73 Å². The minimum absolute atomic E-state index is 0.120. The molecule has 13 heavy (non-hydrogen) atoms. The summed E-state index contributed by atoms with van der Waals surface area (Å²) >= 11 is 0. The number of hydrogen-bond donors (Lipinski definition) is 1. The summed E-state index contributed by atoms with van der Waals surface area (Å²) in [7, 11) is 0. The van der Waals surface area contributed by atoms with Crippen molar-refractivity contribution in [1.82, 2.24) is 4.98 Å². The van der Waals surface area contributed by atoms with Gasteiger partial charge in [-0.1, -0.05) is 6.07 Å². The molecule has 3 heteroatoms. The first-order chi connectivity index (χ1) is 6.20. The number of rotatable bonds is 4. The fourth-order valence-electron chi connectivity index (χ4n) is 1.10. The molecule has 70 valence electrons. The standard InChI is InChI=1S/C10H14N2O/c1-8(13)5-6-9(11)10-4-2-3-7-12-10/h2-4,7,9H,5-6,11H2,1H3. The van der Waals surface area contributed by atoms with Crippen molar-refractivity contribution >= 4 is 5.78 Å². The highest BCUT2D eigenvalue weighted by atomic mass is 16.1. The quantitative estimate of drug-likeness (QED) is 0.759. The third kappa shape index (κ3) is 3.34. The maximum Gasteiger partial charge on any atom is 0.129 e. The van der Waals surface area contributed by atoms with E-state index in [9.17, 15) is 4.79 Å². The first kappa shape index (κ1) is 9.86. The summed E-state index contributed by atoms with van der Waals surface area (Å²) in [6.07, 6.45) is 2.91. The second kappa shape index (κ2) is 4.72. The molecule has 1 atom stereocenters. The number of ketones is 1. The first-order valence-corrected chi connectivity index (χ1v) is 4.36. The molecule has 0 spiro atoms.